The first-order valence-electron chi connectivity index (χ1n) is 5.52. The summed E-state index contributed by atoms with van der Waals surface area (Å²) < 4.78 is 1.25. The summed E-state index contributed by atoms with van der Waals surface area (Å²) in [4.78, 5) is 0. The Balaban J connectivity index is 2.02. The highest BCUT2D eigenvalue weighted by molar-refractivity contribution is 7.09. The zero-order valence-electron chi connectivity index (χ0n) is 8.91. The van der Waals surface area contributed by atoms with Gasteiger partial charge in [-0.2, -0.15) is 0 Å². The summed E-state index contributed by atoms with van der Waals surface area (Å²) in [5.74, 6) is 0. The summed E-state index contributed by atoms with van der Waals surface area (Å²) in [6.07, 6.45) is 10.6. The standard InChI is InChI=1S/C11H20NOS/c1-2-3-4-5-6-7-8-11-12(13)9-10-14-11/h9-10,13H,2-8H2,1H3/q+1. The Labute approximate surface area is 90.2 Å². The van der Waals surface area contributed by atoms with Crippen LogP contribution in [0.25, 0.3) is 0 Å². The van der Waals surface area contributed by atoms with Crippen LogP contribution in [-0.4, -0.2) is 5.21 Å². The second-order valence-corrected chi connectivity index (χ2v) is 4.64. The van der Waals surface area contributed by atoms with E-state index >= 15 is 0 Å². The smallest absolute Gasteiger partial charge is 0.284 e. The molecule has 0 aliphatic rings. The highest BCUT2D eigenvalue weighted by atomic mass is 32.1. The van der Waals surface area contributed by atoms with Gasteiger partial charge >= 0.3 is 0 Å². The SMILES string of the molecule is CCCCCCCCc1scc[n+]1O. The van der Waals surface area contributed by atoms with Crippen molar-refractivity contribution in [3.8, 4) is 0 Å². The van der Waals surface area contributed by atoms with E-state index in [1.807, 2.05) is 5.38 Å². The molecule has 0 radical (unpaired) electrons. The number of unbranched alkanes of at least 4 members (excludes halogenated alkanes) is 5. The van der Waals surface area contributed by atoms with E-state index in [1.54, 1.807) is 17.5 Å². The third-order valence-electron chi connectivity index (χ3n) is 2.41. The van der Waals surface area contributed by atoms with Crippen molar-refractivity contribution in [3.05, 3.63) is 16.6 Å². The Kier molecular flexibility index (Phi) is 5.60. The molecule has 1 heterocycles. The number of thiazole rings is 1. The van der Waals surface area contributed by atoms with Crippen molar-refractivity contribution in [2.75, 3.05) is 0 Å². The Morgan fingerprint density at radius 1 is 1.21 bits per heavy atom. The first-order chi connectivity index (χ1) is 6.84. The normalized spacial score (nSPS) is 10.6. The van der Waals surface area contributed by atoms with Crippen molar-refractivity contribution < 1.29 is 9.94 Å². The van der Waals surface area contributed by atoms with Crippen molar-refractivity contribution in [1.82, 2.24) is 0 Å². The zero-order chi connectivity index (χ0) is 10.2. The molecule has 0 aliphatic carbocycles. The minimum atomic E-state index is 1.01. The van der Waals surface area contributed by atoms with Crippen molar-refractivity contribution in [2.45, 2.75) is 51.9 Å². The van der Waals surface area contributed by atoms with Crippen molar-refractivity contribution >= 4 is 11.3 Å². The third kappa shape index (κ3) is 4.09. The van der Waals surface area contributed by atoms with Gasteiger partial charge in [-0.25, -0.2) is 0 Å². The molecule has 0 fully saturated rings. The Morgan fingerprint density at radius 3 is 2.57 bits per heavy atom. The highest BCUT2D eigenvalue weighted by Gasteiger charge is 2.09. The molecule has 0 spiro atoms. The molecule has 2 nitrogen and oxygen atoms in total. The van der Waals surface area contributed by atoms with Gasteiger partial charge in [0.2, 0.25) is 6.20 Å². The number of aromatic nitrogens is 1. The van der Waals surface area contributed by atoms with Gasteiger partial charge in [-0.1, -0.05) is 50.4 Å². The van der Waals surface area contributed by atoms with Crippen molar-refractivity contribution in [3.63, 3.8) is 0 Å². The van der Waals surface area contributed by atoms with E-state index in [1.165, 1.54) is 43.3 Å². The molecule has 0 bridgehead atoms. The van der Waals surface area contributed by atoms with Crippen LogP contribution in [0.2, 0.25) is 0 Å². The average Bonchev–Trinajstić information content (AvgIpc) is 2.58. The number of nitrogens with zero attached hydrogens (tertiary/aromatic N) is 1. The maximum absolute atomic E-state index is 9.32. The first-order valence-corrected chi connectivity index (χ1v) is 6.40. The molecule has 0 aromatic carbocycles. The monoisotopic (exact) mass is 214 g/mol. The van der Waals surface area contributed by atoms with Crippen LogP contribution in [0.5, 0.6) is 0 Å². The van der Waals surface area contributed by atoms with Gasteiger partial charge in [0.25, 0.3) is 5.01 Å². The van der Waals surface area contributed by atoms with Gasteiger partial charge in [-0.15, -0.1) is 0 Å². The fourth-order valence-electron chi connectivity index (χ4n) is 1.53. The first kappa shape index (κ1) is 11.5. The zero-order valence-corrected chi connectivity index (χ0v) is 9.72. The maximum Gasteiger partial charge on any atom is 0.288 e. The largest absolute Gasteiger partial charge is 0.288 e. The lowest BCUT2D eigenvalue weighted by molar-refractivity contribution is -0.906. The van der Waals surface area contributed by atoms with Crippen LogP contribution in [-0.2, 0) is 6.42 Å². The number of hydrogen-bond donors (Lipinski definition) is 1. The van der Waals surface area contributed by atoms with E-state index in [-0.39, 0.29) is 0 Å². The topological polar surface area (TPSA) is 24.1 Å². The summed E-state index contributed by atoms with van der Waals surface area (Å²) in [6, 6.07) is 0. The molecule has 3 heteroatoms. The fourth-order valence-corrected chi connectivity index (χ4v) is 2.30. The summed E-state index contributed by atoms with van der Waals surface area (Å²) in [5, 5.41) is 12.3. The number of aryl methyl sites for hydroxylation is 1. The minimum Gasteiger partial charge on any atom is -0.284 e. The predicted octanol–water partition coefficient (Wildman–Crippen LogP) is 3.18. The summed E-state index contributed by atoms with van der Waals surface area (Å²) in [6.45, 7) is 2.24. The van der Waals surface area contributed by atoms with Crippen LogP contribution in [0.3, 0.4) is 0 Å². The average molecular weight is 214 g/mol. The van der Waals surface area contributed by atoms with E-state index in [9.17, 15) is 5.21 Å². The lowest BCUT2D eigenvalue weighted by Gasteiger charge is -1.97. The van der Waals surface area contributed by atoms with Gasteiger partial charge in [-0.05, 0) is 6.42 Å². The van der Waals surface area contributed by atoms with Gasteiger partial charge in [0.1, 0.15) is 0 Å². The Morgan fingerprint density at radius 2 is 1.93 bits per heavy atom. The maximum atomic E-state index is 9.32. The molecule has 0 amide bonds. The number of hydrogen-bond acceptors (Lipinski definition) is 2. The van der Waals surface area contributed by atoms with E-state index < -0.39 is 0 Å². The highest BCUT2D eigenvalue weighted by Crippen LogP contribution is 2.10. The van der Waals surface area contributed by atoms with Gasteiger partial charge in [0.05, 0.1) is 5.38 Å². The Bertz CT molecular complexity index is 247. The van der Waals surface area contributed by atoms with Gasteiger partial charge in [0.15, 0.2) is 0 Å². The summed E-state index contributed by atoms with van der Waals surface area (Å²) in [5.41, 5.74) is 0. The summed E-state index contributed by atoms with van der Waals surface area (Å²) in [7, 11) is 0. The molecule has 0 saturated heterocycles. The quantitative estimate of drug-likeness (QED) is 0.421. The molecular formula is C11H20NOS+. The molecule has 0 unspecified atom stereocenters. The Hall–Kier alpha value is -0.570. The lowest BCUT2D eigenvalue weighted by atomic mass is 10.1. The molecule has 1 rings (SSSR count). The molecule has 0 saturated carbocycles. The fraction of sp³-hybridized carbons (Fsp3) is 0.727. The summed E-state index contributed by atoms with van der Waals surface area (Å²) >= 11 is 1.63. The van der Waals surface area contributed by atoms with Crippen LogP contribution in [0.4, 0.5) is 0 Å². The molecule has 14 heavy (non-hydrogen) atoms. The van der Waals surface area contributed by atoms with E-state index in [0.717, 1.165) is 11.4 Å². The molecule has 80 valence electrons. The molecule has 1 N–H and O–H groups in total. The van der Waals surface area contributed by atoms with Crippen molar-refractivity contribution in [1.29, 1.82) is 0 Å². The van der Waals surface area contributed by atoms with E-state index in [2.05, 4.69) is 6.92 Å². The van der Waals surface area contributed by atoms with E-state index in [0.29, 0.717) is 0 Å². The van der Waals surface area contributed by atoms with Crippen LogP contribution in [0.1, 0.15) is 50.5 Å². The van der Waals surface area contributed by atoms with Crippen LogP contribution < -0.4 is 4.73 Å². The minimum absolute atomic E-state index is 1.01. The molecule has 1 aromatic heterocycles. The van der Waals surface area contributed by atoms with Crippen LogP contribution in [0, 0.1) is 0 Å². The molecule has 0 aliphatic heterocycles. The van der Waals surface area contributed by atoms with Crippen LogP contribution >= 0.6 is 11.3 Å². The number of rotatable bonds is 7. The van der Waals surface area contributed by atoms with Crippen molar-refractivity contribution in [2.24, 2.45) is 0 Å². The third-order valence-corrected chi connectivity index (χ3v) is 3.33. The lowest BCUT2D eigenvalue weighted by Crippen LogP contribution is -2.30. The second-order valence-electron chi connectivity index (χ2n) is 3.66. The van der Waals surface area contributed by atoms with Crippen LogP contribution in [0.15, 0.2) is 11.6 Å². The second kappa shape index (κ2) is 6.82. The van der Waals surface area contributed by atoms with Gasteiger partial charge < -0.3 is 0 Å². The molecular weight excluding hydrogens is 194 g/mol. The van der Waals surface area contributed by atoms with Gasteiger partial charge in [0, 0.05) is 11.2 Å². The van der Waals surface area contributed by atoms with Gasteiger partial charge in [-0.3, -0.25) is 5.21 Å². The molecule has 1 aromatic rings. The van der Waals surface area contributed by atoms with E-state index in [4.69, 9.17) is 0 Å². The molecule has 0 atom stereocenters. The predicted molar refractivity (Wildman–Crippen MR) is 58.8 cm³/mol.